The lowest BCUT2D eigenvalue weighted by Crippen LogP contribution is -2.34. The lowest BCUT2D eigenvalue weighted by Gasteiger charge is -2.33. The van der Waals surface area contributed by atoms with E-state index in [9.17, 15) is 0 Å². The molecule has 6 heteroatoms. The van der Waals surface area contributed by atoms with Gasteiger partial charge in [-0.2, -0.15) is 5.10 Å². The average Bonchev–Trinajstić information content (AvgIpc) is 3.37. The molecular weight excluding hydrogens is 354 g/mol. The summed E-state index contributed by atoms with van der Waals surface area (Å²) in [5, 5.41) is 10.9. The van der Waals surface area contributed by atoms with E-state index >= 15 is 0 Å². The zero-order valence-electron chi connectivity index (χ0n) is 15.2. The molecule has 0 bridgehead atoms. The fourth-order valence-corrected chi connectivity index (χ4v) is 4.82. The minimum Gasteiger partial charge on any atom is -0.356 e. The zero-order valence-corrected chi connectivity index (χ0v) is 16.0. The molecule has 4 aromatic rings. The number of anilines is 1. The Bertz CT molecular complexity index is 1060. The van der Waals surface area contributed by atoms with Gasteiger partial charge < -0.3 is 4.90 Å². The van der Waals surface area contributed by atoms with Gasteiger partial charge in [0.2, 0.25) is 0 Å². The number of thiophene rings is 1. The van der Waals surface area contributed by atoms with Crippen LogP contribution < -0.4 is 4.90 Å². The minimum atomic E-state index is 0.500. The van der Waals surface area contributed by atoms with E-state index < -0.39 is 0 Å². The number of nitrogens with one attached hydrogen (secondary N) is 1. The van der Waals surface area contributed by atoms with E-state index in [0.29, 0.717) is 5.92 Å². The molecule has 5 rings (SSSR count). The predicted molar refractivity (Wildman–Crippen MR) is 110 cm³/mol. The van der Waals surface area contributed by atoms with Crippen LogP contribution in [0.4, 0.5) is 5.82 Å². The van der Waals surface area contributed by atoms with Crippen LogP contribution in [0.5, 0.6) is 0 Å². The third-order valence-electron chi connectivity index (χ3n) is 5.37. The number of aromatic amines is 1. The standard InChI is InChI=1S/C21H21N5S/c1-14-23-20(17-9-12-27-21(17)24-14)26-10-7-16(8-11-26)19-18(13-22-25-19)15-5-3-2-4-6-15/h2-6,9,12-13,16H,7-8,10-11H2,1H3,(H,22,25). The van der Waals surface area contributed by atoms with Crippen molar-refractivity contribution in [3.05, 3.63) is 59.5 Å². The SMILES string of the molecule is Cc1nc(N2CCC(c3[nH]ncc3-c3ccccc3)CC2)c2ccsc2n1. The average molecular weight is 376 g/mol. The van der Waals surface area contributed by atoms with E-state index in [1.165, 1.54) is 22.2 Å². The van der Waals surface area contributed by atoms with Crippen molar-refractivity contribution in [1.82, 2.24) is 20.2 Å². The quantitative estimate of drug-likeness (QED) is 0.560. The summed E-state index contributed by atoms with van der Waals surface area (Å²) in [6.45, 7) is 3.98. The molecule has 3 aromatic heterocycles. The van der Waals surface area contributed by atoms with E-state index in [-0.39, 0.29) is 0 Å². The highest BCUT2D eigenvalue weighted by atomic mass is 32.1. The number of piperidine rings is 1. The number of nitrogens with zero attached hydrogens (tertiary/aromatic N) is 4. The summed E-state index contributed by atoms with van der Waals surface area (Å²) in [5.74, 6) is 2.44. The highest BCUT2D eigenvalue weighted by molar-refractivity contribution is 7.16. The molecule has 4 heterocycles. The molecule has 1 aromatic carbocycles. The molecule has 0 aliphatic carbocycles. The smallest absolute Gasteiger partial charge is 0.141 e. The Labute approximate surface area is 162 Å². The van der Waals surface area contributed by atoms with E-state index in [1.54, 1.807) is 11.3 Å². The molecule has 1 fully saturated rings. The summed E-state index contributed by atoms with van der Waals surface area (Å²) in [6, 6.07) is 12.7. The molecule has 27 heavy (non-hydrogen) atoms. The molecule has 0 saturated carbocycles. The first-order valence-corrected chi connectivity index (χ1v) is 10.2. The first-order valence-electron chi connectivity index (χ1n) is 9.35. The number of rotatable bonds is 3. The van der Waals surface area contributed by atoms with Gasteiger partial charge in [-0.25, -0.2) is 9.97 Å². The van der Waals surface area contributed by atoms with Crippen molar-refractivity contribution < 1.29 is 0 Å². The van der Waals surface area contributed by atoms with E-state index in [1.807, 2.05) is 13.1 Å². The van der Waals surface area contributed by atoms with Crippen LogP contribution in [0.15, 0.2) is 48.0 Å². The number of aromatic nitrogens is 4. The molecule has 0 amide bonds. The Hall–Kier alpha value is -2.73. The summed E-state index contributed by atoms with van der Waals surface area (Å²) in [7, 11) is 0. The number of hydrogen-bond donors (Lipinski definition) is 1. The van der Waals surface area contributed by atoms with Gasteiger partial charge in [-0.05, 0) is 36.8 Å². The van der Waals surface area contributed by atoms with Crippen molar-refractivity contribution in [2.24, 2.45) is 0 Å². The molecule has 1 saturated heterocycles. The van der Waals surface area contributed by atoms with Crippen LogP contribution in [0.25, 0.3) is 21.3 Å². The van der Waals surface area contributed by atoms with Crippen molar-refractivity contribution in [2.45, 2.75) is 25.7 Å². The molecule has 1 aliphatic heterocycles. The normalized spacial score (nSPS) is 15.5. The number of benzene rings is 1. The van der Waals surface area contributed by atoms with Gasteiger partial charge in [0.1, 0.15) is 16.5 Å². The topological polar surface area (TPSA) is 57.7 Å². The minimum absolute atomic E-state index is 0.500. The maximum Gasteiger partial charge on any atom is 0.141 e. The van der Waals surface area contributed by atoms with Crippen molar-refractivity contribution in [3.8, 4) is 11.1 Å². The highest BCUT2D eigenvalue weighted by Crippen LogP contribution is 2.36. The van der Waals surface area contributed by atoms with Gasteiger partial charge in [0.25, 0.3) is 0 Å². The molecule has 136 valence electrons. The molecule has 0 atom stereocenters. The van der Waals surface area contributed by atoms with E-state index in [0.717, 1.165) is 42.4 Å². The summed E-state index contributed by atoms with van der Waals surface area (Å²) in [4.78, 5) is 12.8. The lowest BCUT2D eigenvalue weighted by atomic mass is 9.89. The fourth-order valence-electron chi connectivity index (χ4n) is 4.02. The van der Waals surface area contributed by atoms with Gasteiger partial charge >= 0.3 is 0 Å². The lowest BCUT2D eigenvalue weighted by molar-refractivity contribution is 0.494. The Kier molecular flexibility index (Phi) is 4.13. The summed E-state index contributed by atoms with van der Waals surface area (Å²) in [5.41, 5.74) is 3.72. The highest BCUT2D eigenvalue weighted by Gasteiger charge is 2.26. The third kappa shape index (κ3) is 3.00. The van der Waals surface area contributed by atoms with Crippen molar-refractivity contribution in [3.63, 3.8) is 0 Å². The molecule has 5 nitrogen and oxygen atoms in total. The molecule has 1 N–H and O–H groups in total. The number of H-pyrrole nitrogens is 1. The number of hydrogen-bond acceptors (Lipinski definition) is 5. The predicted octanol–water partition coefficient (Wildman–Crippen LogP) is 4.77. The van der Waals surface area contributed by atoms with Gasteiger partial charge in [0, 0.05) is 30.3 Å². The van der Waals surface area contributed by atoms with Crippen molar-refractivity contribution in [1.29, 1.82) is 0 Å². The number of aryl methyl sites for hydroxylation is 1. The first-order chi connectivity index (χ1) is 13.3. The summed E-state index contributed by atoms with van der Waals surface area (Å²) >= 11 is 1.69. The molecule has 0 unspecified atom stereocenters. The Morgan fingerprint density at radius 2 is 1.89 bits per heavy atom. The van der Waals surface area contributed by atoms with Crippen LogP contribution in [0.1, 0.15) is 30.3 Å². The first kappa shape index (κ1) is 16.4. The van der Waals surface area contributed by atoms with Crippen LogP contribution in [0.3, 0.4) is 0 Å². The molecule has 1 aliphatic rings. The van der Waals surface area contributed by atoms with E-state index in [4.69, 9.17) is 4.98 Å². The molecular formula is C21H21N5S. The van der Waals surface area contributed by atoms with Gasteiger partial charge in [0.15, 0.2) is 0 Å². The number of fused-ring (bicyclic) bond motifs is 1. The molecule has 0 spiro atoms. The van der Waals surface area contributed by atoms with Gasteiger partial charge in [0.05, 0.1) is 11.6 Å². The van der Waals surface area contributed by atoms with Crippen molar-refractivity contribution in [2.75, 3.05) is 18.0 Å². The summed E-state index contributed by atoms with van der Waals surface area (Å²) in [6.07, 6.45) is 4.15. The maximum atomic E-state index is 4.75. The zero-order chi connectivity index (χ0) is 18.2. The second-order valence-corrected chi connectivity index (χ2v) is 7.95. The second-order valence-electron chi connectivity index (χ2n) is 7.06. The fraction of sp³-hybridized carbons (Fsp3) is 0.286. The monoisotopic (exact) mass is 375 g/mol. The Balaban J connectivity index is 1.38. The van der Waals surface area contributed by atoms with Gasteiger partial charge in [-0.1, -0.05) is 30.3 Å². The Morgan fingerprint density at radius 1 is 1.07 bits per heavy atom. The van der Waals surface area contributed by atoms with Crippen LogP contribution in [-0.4, -0.2) is 33.3 Å². The van der Waals surface area contributed by atoms with Gasteiger partial charge in [-0.15, -0.1) is 11.3 Å². The van der Waals surface area contributed by atoms with Crippen LogP contribution in [0, 0.1) is 6.92 Å². The van der Waals surface area contributed by atoms with Crippen LogP contribution in [0.2, 0.25) is 0 Å². The van der Waals surface area contributed by atoms with Crippen LogP contribution in [-0.2, 0) is 0 Å². The van der Waals surface area contributed by atoms with Crippen molar-refractivity contribution >= 4 is 27.4 Å². The molecule has 0 radical (unpaired) electrons. The van der Waals surface area contributed by atoms with Crippen LogP contribution >= 0.6 is 11.3 Å². The van der Waals surface area contributed by atoms with E-state index in [2.05, 4.69) is 61.9 Å². The third-order valence-corrected chi connectivity index (χ3v) is 6.18. The van der Waals surface area contributed by atoms with Gasteiger partial charge in [-0.3, -0.25) is 5.10 Å². The maximum absolute atomic E-state index is 4.75. The second kappa shape index (κ2) is 6.78. The Morgan fingerprint density at radius 3 is 2.70 bits per heavy atom. The largest absolute Gasteiger partial charge is 0.356 e. The summed E-state index contributed by atoms with van der Waals surface area (Å²) < 4.78 is 0.